The van der Waals surface area contributed by atoms with E-state index in [0.29, 0.717) is 50.5 Å². The number of hydrogen-bond donors (Lipinski definition) is 0. The molecule has 0 bridgehead atoms. The SMILES string of the molecule is O=C(c1cccc2ccccc12)N1CCCC(C(=O)N2CCN(c3cccc(C(F)(F)F)c3)CC2)C1. The Morgan fingerprint density at radius 1 is 0.806 bits per heavy atom. The third-order valence-corrected chi connectivity index (χ3v) is 7.21. The number of nitrogens with zero attached hydrogens (tertiary/aromatic N) is 3. The molecular formula is C28H28F3N3O2. The number of piperidine rings is 1. The first-order valence-corrected chi connectivity index (χ1v) is 12.3. The van der Waals surface area contributed by atoms with Crippen molar-refractivity contribution in [2.75, 3.05) is 44.2 Å². The number of benzene rings is 3. The van der Waals surface area contributed by atoms with Gasteiger partial charge in [-0.15, -0.1) is 0 Å². The Morgan fingerprint density at radius 3 is 2.31 bits per heavy atom. The van der Waals surface area contributed by atoms with Crippen molar-refractivity contribution in [3.63, 3.8) is 0 Å². The Bertz CT molecular complexity index is 1260. The van der Waals surface area contributed by atoms with Crippen LogP contribution in [0.3, 0.4) is 0 Å². The maximum atomic E-state index is 13.4. The number of alkyl halides is 3. The maximum absolute atomic E-state index is 13.4. The molecule has 8 heteroatoms. The molecule has 2 saturated heterocycles. The first-order chi connectivity index (χ1) is 17.3. The van der Waals surface area contributed by atoms with E-state index >= 15 is 0 Å². The van der Waals surface area contributed by atoms with Gasteiger partial charge < -0.3 is 14.7 Å². The van der Waals surface area contributed by atoms with E-state index in [1.54, 1.807) is 15.9 Å². The van der Waals surface area contributed by atoms with Gasteiger partial charge in [-0.2, -0.15) is 13.2 Å². The van der Waals surface area contributed by atoms with E-state index < -0.39 is 11.7 Å². The van der Waals surface area contributed by atoms with E-state index in [4.69, 9.17) is 0 Å². The van der Waals surface area contributed by atoms with E-state index in [-0.39, 0.29) is 17.7 Å². The Balaban J connectivity index is 1.22. The molecule has 1 atom stereocenters. The quantitative estimate of drug-likeness (QED) is 0.510. The van der Waals surface area contributed by atoms with Crippen LogP contribution in [-0.2, 0) is 11.0 Å². The molecule has 5 rings (SSSR count). The monoisotopic (exact) mass is 495 g/mol. The number of carbonyl (C=O) groups is 2. The highest BCUT2D eigenvalue weighted by atomic mass is 19.4. The Labute approximate surface area is 208 Å². The summed E-state index contributed by atoms with van der Waals surface area (Å²) in [6, 6.07) is 18.8. The van der Waals surface area contributed by atoms with Crippen molar-refractivity contribution >= 4 is 28.3 Å². The minimum Gasteiger partial charge on any atom is -0.368 e. The van der Waals surface area contributed by atoms with Gasteiger partial charge in [0.1, 0.15) is 0 Å². The summed E-state index contributed by atoms with van der Waals surface area (Å²) in [6.45, 7) is 2.84. The van der Waals surface area contributed by atoms with Crippen molar-refractivity contribution in [2.24, 2.45) is 5.92 Å². The summed E-state index contributed by atoms with van der Waals surface area (Å²) in [5.41, 5.74) is 0.494. The Hall–Kier alpha value is -3.55. The average molecular weight is 496 g/mol. The van der Waals surface area contributed by atoms with E-state index in [2.05, 4.69) is 0 Å². The van der Waals surface area contributed by atoms with Gasteiger partial charge in [0.05, 0.1) is 11.5 Å². The minimum atomic E-state index is -4.38. The lowest BCUT2D eigenvalue weighted by atomic mass is 9.95. The van der Waals surface area contributed by atoms with Gasteiger partial charge in [-0.25, -0.2) is 0 Å². The molecule has 0 saturated carbocycles. The van der Waals surface area contributed by atoms with E-state index in [9.17, 15) is 22.8 Å². The van der Waals surface area contributed by atoms with Gasteiger partial charge >= 0.3 is 6.18 Å². The lowest BCUT2D eigenvalue weighted by Gasteiger charge is -2.40. The second kappa shape index (κ2) is 9.84. The highest BCUT2D eigenvalue weighted by Crippen LogP contribution is 2.32. The third kappa shape index (κ3) is 4.90. The lowest BCUT2D eigenvalue weighted by Crippen LogP contribution is -2.53. The third-order valence-electron chi connectivity index (χ3n) is 7.21. The molecular weight excluding hydrogens is 467 g/mol. The molecule has 2 heterocycles. The van der Waals surface area contributed by atoms with Gasteiger partial charge in [-0.1, -0.05) is 42.5 Å². The van der Waals surface area contributed by atoms with Crippen LogP contribution in [0.2, 0.25) is 0 Å². The van der Waals surface area contributed by atoms with Gasteiger partial charge in [-0.05, 0) is 47.9 Å². The lowest BCUT2D eigenvalue weighted by molar-refractivity contribution is -0.138. The standard InChI is InChI=1S/C28H28F3N3O2/c29-28(30,31)22-9-4-10-23(18-22)32-14-16-33(17-15-32)26(35)21-8-5-13-34(19-21)27(36)25-12-3-7-20-6-1-2-11-24(20)25/h1-4,6-7,9-12,18,21H,5,8,13-17,19H2. The molecule has 2 amide bonds. The van der Waals surface area contributed by atoms with E-state index in [0.717, 1.165) is 35.7 Å². The summed E-state index contributed by atoms with van der Waals surface area (Å²) in [5.74, 6) is -0.300. The van der Waals surface area contributed by atoms with Crippen molar-refractivity contribution in [2.45, 2.75) is 19.0 Å². The number of amides is 2. The molecule has 2 aliphatic heterocycles. The first-order valence-electron chi connectivity index (χ1n) is 12.3. The zero-order valence-corrected chi connectivity index (χ0v) is 19.9. The molecule has 3 aromatic rings. The summed E-state index contributed by atoms with van der Waals surface area (Å²) in [7, 11) is 0. The Kier molecular flexibility index (Phi) is 6.60. The fourth-order valence-electron chi connectivity index (χ4n) is 5.27. The van der Waals surface area contributed by atoms with Crippen LogP contribution in [0.4, 0.5) is 18.9 Å². The number of piperazine rings is 1. The van der Waals surface area contributed by atoms with Gasteiger partial charge in [0.2, 0.25) is 5.91 Å². The molecule has 2 aliphatic rings. The molecule has 0 aliphatic carbocycles. The summed E-state index contributed by atoms with van der Waals surface area (Å²) < 4.78 is 39.2. The van der Waals surface area contributed by atoms with E-state index in [1.807, 2.05) is 47.4 Å². The molecule has 0 spiro atoms. The molecule has 1 unspecified atom stereocenters. The van der Waals surface area contributed by atoms with Crippen LogP contribution in [-0.4, -0.2) is 60.9 Å². The largest absolute Gasteiger partial charge is 0.416 e. The van der Waals surface area contributed by atoms with Crippen LogP contribution < -0.4 is 4.90 Å². The van der Waals surface area contributed by atoms with Gasteiger partial charge in [0.15, 0.2) is 0 Å². The molecule has 5 nitrogen and oxygen atoms in total. The highest BCUT2D eigenvalue weighted by molar-refractivity contribution is 6.07. The van der Waals surface area contributed by atoms with Crippen LogP contribution in [0.25, 0.3) is 10.8 Å². The maximum Gasteiger partial charge on any atom is 0.416 e. The van der Waals surface area contributed by atoms with Gasteiger partial charge in [0, 0.05) is 50.5 Å². The number of fused-ring (bicyclic) bond motifs is 1. The molecule has 2 fully saturated rings. The summed E-state index contributed by atoms with van der Waals surface area (Å²) in [6.07, 6.45) is -2.90. The smallest absolute Gasteiger partial charge is 0.368 e. The average Bonchev–Trinajstić information content (AvgIpc) is 2.91. The second-order valence-electron chi connectivity index (χ2n) is 9.48. The van der Waals surface area contributed by atoms with Crippen molar-refractivity contribution in [1.29, 1.82) is 0 Å². The molecule has 188 valence electrons. The van der Waals surface area contributed by atoms with Gasteiger partial charge in [-0.3, -0.25) is 9.59 Å². The fourth-order valence-corrected chi connectivity index (χ4v) is 5.27. The van der Waals surface area contributed by atoms with Crippen molar-refractivity contribution in [1.82, 2.24) is 9.80 Å². The summed E-state index contributed by atoms with van der Waals surface area (Å²) in [5, 5.41) is 1.91. The predicted molar refractivity (Wildman–Crippen MR) is 133 cm³/mol. The number of hydrogen-bond acceptors (Lipinski definition) is 3. The summed E-state index contributed by atoms with van der Waals surface area (Å²) in [4.78, 5) is 32.2. The summed E-state index contributed by atoms with van der Waals surface area (Å²) >= 11 is 0. The van der Waals surface area contributed by atoms with Crippen molar-refractivity contribution < 1.29 is 22.8 Å². The number of carbonyl (C=O) groups excluding carboxylic acids is 2. The van der Waals surface area contributed by atoms with Crippen molar-refractivity contribution in [3.05, 3.63) is 77.9 Å². The highest BCUT2D eigenvalue weighted by Gasteiger charge is 2.34. The topological polar surface area (TPSA) is 43.9 Å². The minimum absolute atomic E-state index is 0.0223. The predicted octanol–water partition coefficient (Wildman–Crippen LogP) is 5.06. The fraction of sp³-hybridized carbons (Fsp3) is 0.357. The van der Waals surface area contributed by atoms with Gasteiger partial charge in [0.25, 0.3) is 5.91 Å². The Morgan fingerprint density at radius 2 is 1.53 bits per heavy atom. The van der Waals surface area contributed by atoms with Crippen LogP contribution in [0.1, 0.15) is 28.8 Å². The number of rotatable bonds is 3. The number of anilines is 1. The van der Waals surface area contributed by atoms with Crippen molar-refractivity contribution in [3.8, 4) is 0 Å². The molecule has 0 radical (unpaired) electrons. The first kappa shape index (κ1) is 24.2. The number of halogens is 3. The number of likely N-dealkylation sites (tertiary alicyclic amines) is 1. The molecule has 0 aromatic heterocycles. The second-order valence-corrected chi connectivity index (χ2v) is 9.48. The van der Waals surface area contributed by atoms with Crippen LogP contribution in [0.15, 0.2) is 66.7 Å². The normalized spacial score (nSPS) is 19.0. The van der Waals surface area contributed by atoms with Crippen LogP contribution in [0, 0.1) is 5.92 Å². The zero-order valence-electron chi connectivity index (χ0n) is 19.9. The van der Waals surface area contributed by atoms with Crippen LogP contribution in [0.5, 0.6) is 0 Å². The molecule has 0 N–H and O–H groups in total. The van der Waals surface area contributed by atoms with Crippen LogP contribution >= 0.6 is 0 Å². The van der Waals surface area contributed by atoms with E-state index in [1.165, 1.54) is 6.07 Å². The zero-order chi connectivity index (χ0) is 25.3. The molecule has 3 aromatic carbocycles. The molecule has 36 heavy (non-hydrogen) atoms.